The summed E-state index contributed by atoms with van der Waals surface area (Å²) in [4.78, 5) is 0. The Hall–Kier alpha value is -2.12. The third-order valence-corrected chi connectivity index (χ3v) is 3.38. The zero-order valence-electron chi connectivity index (χ0n) is 10.6. The van der Waals surface area contributed by atoms with Crippen LogP contribution in [0.1, 0.15) is 23.7 Å². The van der Waals surface area contributed by atoms with E-state index >= 15 is 0 Å². The lowest BCUT2D eigenvalue weighted by molar-refractivity contribution is -0.141. The fourth-order valence-electron chi connectivity index (χ4n) is 2.46. The van der Waals surface area contributed by atoms with Crippen molar-refractivity contribution in [3.8, 4) is 0 Å². The fraction of sp³-hybridized carbons (Fsp3) is 0.308. The van der Waals surface area contributed by atoms with E-state index in [0.717, 1.165) is 22.9 Å². The first kappa shape index (κ1) is 13.8. The Balaban J connectivity index is 2.11. The van der Waals surface area contributed by atoms with E-state index in [1.165, 1.54) is 6.07 Å². The fourth-order valence-corrected chi connectivity index (χ4v) is 2.46. The van der Waals surface area contributed by atoms with Crippen molar-refractivity contribution < 1.29 is 22.0 Å². The van der Waals surface area contributed by atoms with Gasteiger partial charge in [-0.2, -0.15) is 18.3 Å². The van der Waals surface area contributed by atoms with Gasteiger partial charge < -0.3 is 5.32 Å². The molecule has 1 unspecified atom stereocenters. The van der Waals surface area contributed by atoms with Crippen LogP contribution >= 0.6 is 0 Å². The van der Waals surface area contributed by atoms with Gasteiger partial charge in [0.25, 0.3) is 0 Å². The quantitative estimate of drug-likeness (QED) is 0.816. The molecule has 21 heavy (non-hydrogen) atoms. The maximum atomic E-state index is 13.8. The van der Waals surface area contributed by atoms with E-state index in [-0.39, 0.29) is 17.8 Å². The van der Waals surface area contributed by atoms with Gasteiger partial charge in [-0.05, 0) is 18.6 Å². The minimum atomic E-state index is -4.61. The molecule has 1 aliphatic heterocycles. The SMILES string of the molecule is Fc1cccc(F)c1C1CCNc2cc(C(F)(F)F)nn21. The third kappa shape index (κ3) is 2.34. The van der Waals surface area contributed by atoms with Crippen molar-refractivity contribution in [2.45, 2.75) is 18.6 Å². The van der Waals surface area contributed by atoms with E-state index in [1.807, 2.05) is 0 Å². The minimum absolute atomic E-state index is 0.0984. The summed E-state index contributed by atoms with van der Waals surface area (Å²) in [6.07, 6.45) is -4.37. The van der Waals surface area contributed by atoms with Crippen LogP contribution in [-0.2, 0) is 6.18 Å². The van der Waals surface area contributed by atoms with Crippen LogP contribution in [0.2, 0.25) is 0 Å². The van der Waals surface area contributed by atoms with Crippen LogP contribution in [0.4, 0.5) is 27.8 Å². The van der Waals surface area contributed by atoms with Crippen LogP contribution in [0.3, 0.4) is 0 Å². The number of anilines is 1. The smallest absolute Gasteiger partial charge is 0.370 e. The van der Waals surface area contributed by atoms with Gasteiger partial charge in [-0.15, -0.1) is 0 Å². The molecule has 0 saturated carbocycles. The number of aromatic nitrogens is 2. The number of rotatable bonds is 1. The molecular weight excluding hydrogens is 293 g/mol. The summed E-state index contributed by atoms with van der Waals surface area (Å²) in [5.74, 6) is -1.49. The highest BCUT2D eigenvalue weighted by Gasteiger charge is 2.37. The van der Waals surface area contributed by atoms with Crippen molar-refractivity contribution in [1.29, 1.82) is 0 Å². The van der Waals surface area contributed by atoms with E-state index in [4.69, 9.17) is 0 Å². The molecule has 1 N–H and O–H groups in total. The van der Waals surface area contributed by atoms with Gasteiger partial charge in [-0.1, -0.05) is 6.07 Å². The van der Waals surface area contributed by atoms with Crippen LogP contribution in [0.25, 0.3) is 0 Å². The standard InChI is InChI=1S/C13H10F5N3/c14-7-2-1-3-8(15)12(7)9-4-5-19-11-6-10(13(16,17)18)20-21(9)11/h1-3,6,9,19H,4-5H2. The Morgan fingerprint density at radius 2 is 1.86 bits per heavy atom. The van der Waals surface area contributed by atoms with Gasteiger partial charge >= 0.3 is 6.18 Å². The molecule has 3 nitrogen and oxygen atoms in total. The predicted octanol–water partition coefficient (Wildman–Crippen LogP) is 3.59. The largest absolute Gasteiger partial charge is 0.435 e. The lowest BCUT2D eigenvalue weighted by Crippen LogP contribution is -2.26. The first-order chi connectivity index (χ1) is 9.88. The highest BCUT2D eigenvalue weighted by atomic mass is 19.4. The lowest BCUT2D eigenvalue weighted by Gasteiger charge is -2.26. The van der Waals surface area contributed by atoms with Crippen molar-refractivity contribution >= 4 is 5.82 Å². The summed E-state index contributed by atoms with van der Waals surface area (Å²) in [5, 5.41) is 6.21. The first-order valence-corrected chi connectivity index (χ1v) is 6.22. The Morgan fingerprint density at radius 1 is 1.19 bits per heavy atom. The summed E-state index contributed by atoms with van der Waals surface area (Å²) < 4.78 is 66.8. The minimum Gasteiger partial charge on any atom is -0.370 e. The van der Waals surface area contributed by atoms with Crippen LogP contribution < -0.4 is 5.32 Å². The molecule has 2 heterocycles. The van der Waals surface area contributed by atoms with Gasteiger partial charge in [-0.3, -0.25) is 0 Å². The summed E-state index contributed by atoms with van der Waals surface area (Å²) in [5.41, 5.74) is -1.36. The van der Waals surface area contributed by atoms with Crippen molar-refractivity contribution in [1.82, 2.24) is 9.78 Å². The molecule has 0 amide bonds. The molecule has 1 atom stereocenters. The Bertz CT molecular complexity index is 657. The van der Waals surface area contributed by atoms with Gasteiger partial charge in [0.1, 0.15) is 17.5 Å². The molecule has 1 aromatic heterocycles. The summed E-state index contributed by atoms with van der Waals surface area (Å²) in [7, 11) is 0. The second kappa shape index (κ2) is 4.71. The molecule has 0 saturated heterocycles. The summed E-state index contributed by atoms with van der Waals surface area (Å²) >= 11 is 0. The van der Waals surface area contributed by atoms with Crippen LogP contribution in [0, 0.1) is 11.6 Å². The van der Waals surface area contributed by atoms with Crippen molar-refractivity contribution in [2.75, 3.05) is 11.9 Å². The predicted molar refractivity (Wildman–Crippen MR) is 64.8 cm³/mol. The molecule has 1 aliphatic rings. The molecule has 3 rings (SSSR count). The Morgan fingerprint density at radius 3 is 2.48 bits per heavy atom. The lowest BCUT2D eigenvalue weighted by atomic mass is 10.0. The van der Waals surface area contributed by atoms with Gasteiger partial charge in [0, 0.05) is 18.2 Å². The number of nitrogens with one attached hydrogen (secondary N) is 1. The van der Waals surface area contributed by atoms with E-state index in [0.29, 0.717) is 6.54 Å². The highest BCUT2D eigenvalue weighted by Crippen LogP contribution is 2.36. The van der Waals surface area contributed by atoms with Crippen LogP contribution in [0.5, 0.6) is 0 Å². The third-order valence-electron chi connectivity index (χ3n) is 3.38. The summed E-state index contributed by atoms with van der Waals surface area (Å²) in [6, 6.07) is 3.30. The van der Waals surface area contributed by atoms with Crippen LogP contribution in [-0.4, -0.2) is 16.3 Å². The van der Waals surface area contributed by atoms with E-state index in [9.17, 15) is 22.0 Å². The number of alkyl halides is 3. The van der Waals surface area contributed by atoms with Crippen molar-refractivity contribution in [2.24, 2.45) is 0 Å². The molecule has 0 fully saturated rings. The molecule has 0 bridgehead atoms. The highest BCUT2D eigenvalue weighted by molar-refractivity contribution is 5.42. The van der Waals surface area contributed by atoms with Crippen molar-refractivity contribution in [3.63, 3.8) is 0 Å². The molecule has 1 aromatic carbocycles. The molecule has 0 radical (unpaired) electrons. The van der Waals surface area contributed by atoms with E-state index in [1.54, 1.807) is 0 Å². The molecule has 0 aliphatic carbocycles. The second-order valence-electron chi connectivity index (χ2n) is 4.72. The number of fused-ring (bicyclic) bond motifs is 1. The van der Waals surface area contributed by atoms with Gasteiger partial charge in [-0.25, -0.2) is 13.5 Å². The molecule has 0 spiro atoms. The monoisotopic (exact) mass is 303 g/mol. The molecule has 2 aromatic rings. The molecular formula is C13H10F5N3. The first-order valence-electron chi connectivity index (χ1n) is 6.22. The molecule has 112 valence electrons. The average molecular weight is 303 g/mol. The topological polar surface area (TPSA) is 29.9 Å². The van der Waals surface area contributed by atoms with Gasteiger partial charge in [0.05, 0.1) is 6.04 Å². The zero-order chi connectivity index (χ0) is 15.2. The maximum absolute atomic E-state index is 13.8. The van der Waals surface area contributed by atoms with Gasteiger partial charge in [0.2, 0.25) is 0 Å². The summed E-state index contributed by atoms with van der Waals surface area (Å²) in [6.45, 7) is 0.307. The number of benzene rings is 1. The van der Waals surface area contributed by atoms with E-state index < -0.39 is 29.5 Å². The number of hydrogen-bond acceptors (Lipinski definition) is 2. The normalized spacial score (nSPS) is 18.2. The number of nitrogens with zero attached hydrogens (tertiary/aromatic N) is 2. The maximum Gasteiger partial charge on any atom is 0.435 e. The van der Waals surface area contributed by atoms with Crippen molar-refractivity contribution in [3.05, 3.63) is 47.2 Å². The Kier molecular flexibility index (Phi) is 3.11. The number of halogens is 5. The Labute approximate surface area is 116 Å². The van der Waals surface area contributed by atoms with E-state index in [2.05, 4.69) is 10.4 Å². The van der Waals surface area contributed by atoms with Gasteiger partial charge in [0.15, 0.2) is 5.69 Å². The molecule has 8 heteroatoms. The second-order valence-corrected chi connectivity index (χ2v) is 4.72. The zero-order valence-corrected chi connectivity index (χ0v) is 10.6. The van der Waals surface area contributed by atoms with Crippen LogP contribution in [0.15, 0.2) is 24.3 Å². The number of hydrogen-bond donors (Lipinski definition) is 1. The average Bonchev–Trinajstić information content (AvgIpc) is 2.83.